The molecule has 0 aromatic heterocycles. The molecule has 0 saturated heterocycles. The minimum absolute atomic E-state index is 0.180. The van der Waals surface area contributed by atoms with Crippen LogP contribution in [0, 0.1) is 0 Å². The molecule has 0 aliphatic carbocycles. The van der Waals surface area contributed by atoms with E-state index in [0.717, 1.165) is 28.4 Å². The molecule has 1 N–H and O–H groups in total. The van der Waals surface area contributed by atoms with Gasteiger partial charge in [-0.05, 0) is 19.1 Å². The van der Waals surface area contributed by atoms with Crippen LogP contribution in [-0.4, -0.2) is 13.9 Å². The number of benzene rings is 2. The molecule has 1 aliphatic rings. The highest BCUT2D eigenvalue weighted by molar-refractivity contribution is 5.48. The second-order valence-corrected chi connectivity index (χ2v) is 5.00. The first kappa shape index (κ1) is 13.8. The molecule has 21 heavy (non-hydrogen) atoms. The smallest absolute Gasteiger partial charge is 0.231 e. The number of fused-ring (bicyclic) bond motifs is 1. The third-order valence-electron chi connectivity index (χ3n) is 3.68. The Bertz CT molecular complexity index is 627. The summed E-state index contributed by atoms with van der Waals surface area (Å²) in [5.41, 5.74) is 2.25. The Balaban J connectivity index is 1.72. The van der Waals surface area contributed by atoms with Crippen LogP contribution in [0.2, 0.25) is 0 Å². The van der Waals surface area contributed by atoms with Crippen molar-refractivity contribution in [2.45, 2.75) is 19.5 Å². The largest absolute Gasteiger partial charge is 0.496 e. The Morgan fingerprint density at radius 2 is 2.00 bits per heavy atom. The lowest BCUT2D eigenvalue weighted by Crippen LogP contribution is -2.19. The van der Waals surface area contributed by atoms with Gasteiger partial charge in [0.15, 0.2) is 11.5 Å². The van der Waals surface area contributed by atoms with Crippen LogP contribution in [0.1, 0.15) is 24.1 Å². The fourth-order valence-corrected chi connectivity index (χ4v) is 2.53. The number of para-hydroxylation sites is 2. The van der Waals surface area contributed by atoms with Crippen molar-refractivity contribution >= 4 is 0 Å². The summed E-state index contributed by atoms with van der Waals surface area (Å²) in [6.07, 6.45) is 0. The lowest BCUT2D eigenvalue weighted by molar-refractivity contribution is 0.173. The van der Waals surface area contributed by atoms with Gasteiger partial charge in [-0.3, -0.25) is 0 Å². The predicted molar refractivity (Wildman–Crippen MR) is 80.8 cm³/mol. The van der Waals surface area contributed by atoms with Crippen molar-refractivity contribution in [2.24, 2.45) is 0 Å². The Labute approximate surface area is 124 Å². The average molecular weight is 285 g/mol. The average Bonchev–Trinajstić information content (AvgIpc) is 3.01. The zero-order valence-corrected chi connectivity index (χ0v) is 12.3. The Hall–Kier alpha value is -2.20. The summed E-state index contributed by atoms with van der Waals surface area (Å²) in [7, 11) is 1.70. The van der Waals surface area contributed by atoms with Gasteiger partial charge in [-0.1, -0.05) is 30.3 Å². The minimum Gasteiger partial charge on any atom is -0.496 e. The van der Waals surface area contributed by atoms with Gasteiger partial charge >= 0.3 is 0 Å². The third kappa shape index (κ3) is 2.81. The second-order valence-electron chi connectivity index (χ2n) is 5.00. The normalized spacial score (nSPS) is 14.0. The molecule has 1 heterocycles. The topological polar surface area (TPSA) is 39.7 Å². The fraction of sp³-hybridized carbons (Fsp3) is 0.294. The van der Waals surface area contributed by atoms with Crippen LogP contribution in [0.25, 0.3) is 0 Å². The maximum absolute atomic E-state index is 5.53. The van der Waals surface area contributed by atoms with Crippen LogP contribution in [0.3, 0.4) is 0 Å². The first-order valence-corrected chi connectivity index (χ1v) is 7.03. The molecule has 0 saturated carbocycles. The van der Waals surface area contributed by atoms with Gasteiger partial charge in [-0.15, -0.1) is 0 Å². The summed E-state index contributed by atoms with van der Waals surface area (Å²) < 4.78 is 16.3. The van der Waals surface area contributed by atoms with Crippen LogP contribution in [-0.2, 0) is 6.54 Å². The van der Waals surface area contributed by atoms with Gasteiger partial charge in [0, 0.05) is 23.7 Å². The number of nitrogens with one attached hydrogen (secondary N) is 1. The van der Waals surface area contributed by atoms with Crippen LogP contribution in [0.15, 0.2) is 42.5 Å². The van der Waals surface area contributed by atoms with Crippen molar-refractivity contribution in [2.75, 3.05) is 13.9 Å². The number of hydrogen-bond acceptors (Lipinski definition) is 4. The first-order chi connectivity index (χ1) is 10.3. The van der Waals surface area contributed by atoms with Crippen LogP contribution < -0.4 is 19.5 Å². The van der Waals surface area contributed by atoms with Crippen molar-refractivity contribution in [1.82, 2.24) is 5.32 Å². The zero-order valence-electron chi connectivity index (χ0n) is 12.3. The molecule has 0 amide bonds. The quantitative estimate of drug-likeness (QED) is 0.915. The van der Waals surface area contributed by atoms with E-state index in [9.17, 15) is 0 Å². The highest BCUT2D eigenvalue weighted by atomic mass is 16.7. The van der Waals surface area contributed by atoms with Gasteiger partial charge < -0.3 is 19.5 Å². The molecule has 110 valence electrons. The standard InChI is InChI=1S/C17H19NO3/c1-12(14-7-3-4-8-15(14)19-2)18-10-13-6-5-9-16-17(13)21-11-20-16/h3-9,12,18H,10-11H2,1-2H3/t12-/m1/s1. The van der Waals surface area contributed by atoms with E-state index < -0.39 is 0 Å². The van der Waals surface area contributed by atoms with E-state index in [0.29, 0.717) is 13.3 Å². The van der Waals surface area contributed by atoms with Crippen molar-refractivity contribution in [3.8, 4) is 17.2 Å². The van der Waals surface area contributed by atoms with Gasteiger partial charge in [0.1, 0.15) is 5.75 Å². The molecule has 0 spiro atoms. The molecule has 0 bridgehead atoms. The van der Waals surface area contributed by atoms with Crippen molar-refractivity contribution in [3.63, 3.8) is 0 Å². The minimum atomic E-state index is 0.180. The van der Waals surface area contributed by atoms with E-state index in [4.69, 9.17) is 14.2 Å². The van der Waals surface area contributed by atoms with E-state index in [1.165, 1.54) is 0 Å². The van der Waals surface area contributed by atoms with Crippen LogP contribution in [0.4, 0.5) is 0 Å². The molecule has 1 atom stereocenters. The number of hydrogen-bond donors (Lipinski definition) is 1. The van der Waals surface area contributed by atoms with Crippen molar-refractivity contribution < 1.29 is 14.2 Å². The Morgan fingerprint density at radius 3 is 2.86 bits per heavy atom. The third-order valence-corrected chi connectivity index (χ3v) is 3.68. The molecule has 2 aromatic carbocycles. The van der Waals surface area contributed by atoms with Crippen LogP contribution in [0.5, 0.6) is 17.2 Å². The second kappa shape index (κ2) is 6.06. The van der Waals surface area contributed by atoms with Gasteiger partial charge in [-0.25, -0.2) is 0 Å². The molecule has 0 radical (unpaired) electrons. The van der Waals surface area contributed by atoms with E-state index in [1.807, 2.05) is 30.3 Å². The highest BCUT2D eigenvalue weighted by Gasteiger charge is 2.18. The van der Waals surface area contributed by atoms with Crippen LogP contribution >= 0.6 is 0 Å². The first-order valence-electron chi connectivity index (χ1n) is 7.03. The summed E-state index contributed by atoms with van der Waals surface area (Å²) in [6, 6.07) is 14.2. The lowest BCUT2D eigenvalue weighted by atomic mass is 10.1. The molecule has 4 nitrogen and oxygen atoms in total. The summed E-state index contributed by atoms with van der Waals surface area (Å²) in [4.78, 5) is 0. The molecular weight excluding hydrogens is 266 g/mol. The lowest BCUT2D eigenvalue weighted by Gasteiger charge is -2.17. The van der Waals surface area contributed by atoms with E-state index >= 15 is 0 Å². The summed E-state index contributed by atoms with van der Waals surface area (Å²) in [5, 5.41) is 3.50. The number of methoxy groups -OCH3 is 1. The van der Waals surface area contributed by atoms with Crippen molar-refractivity contribution in [3.05, 3.63) is 53.6 Å². The maximum Gasteiger partial charge on any atom is 0.231 e. The Kier molecular flexibility index (Phi) is 3.97. The van der Waals surface area contributed by atoms with Crippen molar-refractivity contribution in [1.29, 1.82) is 0 Å². The molecule has 2 aromatic rings. The number of rotatable bonds is 5. The van der Waals surface area contributed by atoms with E-state index in [2.05, 4.69) is 24.4 Å². The molecule has 1 aliphatic heterocycles. The SMILES string of the molecule is COc1ccccc1[C@@H](C)NCc1cccc2c1OCO2. The molecular formula is C17H19NO3. The fourth-order valence-electron chi connectivity index (χ4n) is 2.53. The molecule has 4 heteroatoms. The molecule has 0 fully saturated rings. The summed E-state index contributed by atoms with van der Waals surface area (Å²) >= 11 is 0. The predicted octanol–water partition coefficient (Wildman–Crippen LogP) is 3.27. The van der Waals surface area contributed by atoms with Gasteiger partial charge in [-0.2, -0.15) is 0 Å². The zero-order chi connectivity index (χ0) is 14.7. The number of ether oxygens (including phenoxy) is 3. The van der Waals surface area contributed by atoms with Gasteiger partial charge in [0.05, 0.1) is 7.11 Å². The highest BCUT2D eigenvalue weighted by Crippen LogP contribution is 2.35. The summed E-state index contributed by atoms with van der Waals surface area (Å²) in [5.74, 6) is 2.56. The van der Waals surface area contributed by atoms with Gasteiger partial charge in [0.2, 0.25) is 6.79 Å². The maximum atomic E-state index is 5.53. The molecule has 3 rings (SSSR count). The molecule has 0 unspecified atom stereocenters. The van der Waals surface area contributed by atoms with E-state index in [-0.39, 0.29) is 6.04 Å². The van der Waals surface area contributed by atoms with E-state index in [1.54, 1.807) is 7.11 Å². The monoisotopic (exact) mass is 285 g/mol. The Morgan fingerprint density at radius 1 is 1.14 bits per heavy atom. The van der Waals surface area contributed by atoms with Gasteiger partial charge in [0.25, 0.3) is 0 Å². The summed E-state index contributed by atoms with van der Waals surface area (Å²) in [6.45, 7) is 3.14.